The molecule has 2 unspecified atom stereocenters. The van der Waals surface area contributed by atoms with Gasteiger partial charge >= 0.3 is 11.8 Å². The van der Waals surface area contributed by atoms with Gasteiger partial charge in [-0.2, -0.15) is 0 Å². The Labute approximate surface area is 371 Å². The van der Waals surface area contributed by atoms with Crippen LogP contribution in [0.4, 0.5) is 0 Å². The van der Waals surface area contributed by atoms with Crippen molar-refractivity contribution in [3.8, 4) is 23.0 Å². The van der Waals surface area contributed by atoms with Crippen LogP contribution in [0.15, 0.2) is 182 Å². The number of rotatable bonds is 14. The molecule has 0 saturated heterocycles. The fourth-order valence-corrected chi connectivity index (χ4v) is 8.59. The lowest BCUT2D eigenvalue weighted by molar-refractivity contribution is -0.142. The minimum Gasteiger partial charge on any atom is -0.497 e. The molecule has 0 radical (unpaired) electrons. The molecule has 10 heteroatoms. The maximum absolute atomic E-state index is 15.0. The van der Waals surface area contributed by atoms with E-state index in [4.69, 9.17) is 18.9 Å². The predicted molar refractivity (Wildman–Crippen MR) is 248 cm³/mol. The standard InChI is InChI=1S/C54H48N2O8/c1-61-41-27-19-37(20-28-41)53(59,38-21-29-42(62-2)30-22-38)49(47-17-9-13-35-11-5-7-15-45(35)47)55-51(57)52(58)56-50(48-18-10-14-36-12-6-8-16-46(36)48)54(60,39-23-31-43(63-3)32-24-39)40-25-33-44(64-4)34-26-40/h5-34,49-50,59-60H,1-4H3,(H,55,57)(H,56,58). The number of nitrogens with one attached hydrogen (secondary N) is 2. The van der Waals surface area contributed by atoms with Crippen LogP contribution in [0, 0.1) is 0 Å². The second kappa shape index (κ2) is 18.4. The Hall–Kier alpha value is -7.66. The second-order valence-corrected chi connectivity index (χ2v) is 15.4. The first-order valence-corrected chi connectivity index (χ1v) is 20.7. The summed E-state index contributed by atoms with van der Waals surface area (Å²) in [5, 5.41) is 36.2. The Balaban J connectivity index is 1.29. The first-order valence-electron chi connectivity index (χ1n) is 20.7. The van der Waals surface area contributed by atoms with Gasteiger partial charge in [0.15, 0.2) is 0 Å². The van der Waals surface area contributed by atoms with Crippen molar-refractivity contribution in [1.82, 2.24) is 10.6 Å². The van der Waals surface area contributed by atoms with Crippen LogP contribution in [0.2, 0.25) is 0 Å². The summed E-state index contributed by atoms with van der Waals surface area (Å²) >= 11 is 0. The van der Waals surface area contributed by atoms with E-state index >= 15 is 0 Å². The molecule has 322 valence electrons. The molecule has 0 aliphatic rings. The SMILES string of the molecule is COc1ccc(C(O)(c2ccc(OC)cc2)C(NC(=O)C(=O)NC(c2cccc3ccccc23)C(O)(c2ccc(OC)cc2)c2ccc(OC)cc2)c2cccc3ccccc23)cc1. The molecule has 8 aromatic rings. The Kier molecular flexibility index (Phi) is 12.3. The van der Waals surface area contributed by atoms with Crippen LogP contribution >= 0.6 is 0 Å². The average Bonchev–Trinajstić information content (AvgIpc) is 3.36. The molecular formula is C54H48N2O8. The second-order valence-electron chi connectivity index (χ2n) is 15.4. The molecule has 0 aliphatic carbocycles. The fraction of sp³-hybridized carbons (Fsp3) is 0.148. The van der Waals surface area contributed by atoms with Crippen molar-refractivity contribution in [2.24, 2.45) is 0 Å². The number of ether oxygens (including phenoxy) is 4. The summed E-state index contributed by atoms with van der Waals surface area (Å²) in [7, 11) is 6.22. The van der Waals surface area contributed by atoms with E-state index in [-0.39, 0.29) is 0 Å². The van der Waals surface area contributed by atoms with E-state index in [2.05, 4.69) is 10.6 Å². The summed E-state index contributed by atoms with van der Waals surface area (Å²) in [4.78, 5) is 30.0. The summed E-state index contributed by atoms with van der Waals surface area (Å²) in [6.45, 7) is 0. The topological polar surface area (TPSA) is 136 Å². The lowest BCUT2D eigenvalue weighted by atomic mass is 9.76. The summed E-state index contributed by atoms with van der Waals surface area (Å²) < 4.78 is 21.9. The van der Waals surface area contributed by atoms with Gasteiger partial charge in [0.05, 0.1) is 40.5 Å². The van der Waals surface area contributed by atoms with Gasteiger partial charge in [0.2, 0.25) is 0 Å². The van der Waals surface area contributed by atoms with Crippen LogP contribution in [-0.2, 0) is 20.8 Å². The summed E-state index contributed by atoms with van der Waals surface area (Å²) in [6, 6.07) is 51.7. The number of aliphatic hydroxyl groups is 2. The van der Waals surface area contributed by atoms with Gasteiger partial charge in [-0.15, -0.1) is 0 Å². The number of fused-ring (bicyclic) bond motifs is 2. The van der Waals surface area contributed by atoms with E-state index in [0.29, 0.717) is 56.4 Å². The molecule has 2 atom stereocenters. The Morgan fingerprint density at radius 2 is 0.656 bits per heavy atom. The number of hydrogen-bond donors (Lipinski definition) is 4. The van der Waals surface area contributed by atoms with Gasteiger partial charge in [-0.3, -0.25) is 9.59 Å². The Morgan fingerprint density at radius 1 is 0.391 bits per heavy atom. The number of carbonyl (C=O) groups excluding carboxylic acids is 2. The highest BCUT2D eigenvalue weighted by atomic mass is 16.5. The molecule has 64 heavy (non-hydrogen) atoms. The third kappa shape index (κ3) is 8.08. The average molecular weight is 853 g/mol. The molecule has 8 aromatic carbocycles. The lowest BCUT2D eigenvalue weighted by Crippen LogP contribution is -2.52. The highest BCUT2D eigenvalue weighted by Gasteiger charge is 2.46. The van der Waals surface area contributed by atoms with Gasteiger partial charge in [0, 0.05) is 0 Å². The zero-order chi connectivity index (χ0) is 44.8. The molecule has 0 fully saturated rings. The monoisotopic (exact) mass is 852 g/mol. The minimum atomic E-state index is -1.99. The number of carbonyl (C=O) groups is 2. The van der Waals surface area contributed by atoms with E-state index in [1.54, 1.807) is 126 Å². The summed E-state index contributed by atoms with van der Waals surface area (Å²) in [5.74, 6) is 0.127. The quantitative estimate of drug-likeness (QED) is 0.0798. The molecule has 2 amide bonds. The molecule has 0 heterocycles. The number of benzene rings is 8. The highest BCUT2D eigenvalue weighted by molar-refractivity contribution is 6.35. The van der Waals surface area contributed by atoms with Crippen molar-refractivity contribution < 1.29 is 38.7 Å². The van der Waals surface area contributed by atoms with Gasteiger partial charge in [-0.1, -0.05) is 133 Å². The highest BCUT2D eigenvalue weighted by Crippen LogP contribution is 2.46. The van der Waals surface area contributed by atoms with Crippen molar-refractivity contribution >= 4 is 33.4 Å². The minimum absolute atomic E-state index is 0.416. The van der Waals surface area contributed by atoms with Crippen molar-refractivity contribution in [2.45, 2.75) is 23.3 Å². The molecule has 0 saturated carbocycles. The van der Waals surface area contributed by atoms with E-state index in [1.807, 2.05) is 84.9 Å². The van der Waals surface area contributed by atoms with Crippen LogP contribution in [0.3, 0.4) is 0 Å². The lowest BCUT2D eigenvalue weighted by Gasteiger charge is -2.40. The van der Waals surface area contributed by atoms with E-state index in [9.17, 15) is 19.8 Å². The zero-order valence-electron chi connectivity index (χ0n) is 35.8. The van der Waals surface area contributed by atoms with Crippen LogP contribution in [-0.4, -0.2) is 50.5 Å². The predicted octanol–water partition coefficient (Wildman–Crippen LogP) is 8.91. The number of amides is 2. The largest absolute Gasteiger partial charge is 0.497 e. The van der Waals surface area contributed by atoms with Crippen LogP contribution < -0.4 is 29.6 Å². The maximum Gasteiger partial charge on any atom is 0.309 e. The molecule has 0 bridgehead atoms. The van der Waals surface area contributed by atoms with E-state index in [1.165, 1.54) is 0 Å². The number of hydrogen-bond acceptors (Lipinski definition) is 8. The number of methoxy groups -OCH3 is 4. The van der Waals surface area contributed by atoms with Crippen LogP contribution in [0.1, 0.15) is 45.5 Å². The molecule has 4 N–H and O–H groups in total. The van der Waals surface area contributed by atoms with Crippen molar-refractivity contribution in [3.05, 3.63) is 215 Å². The first-order chi connectivity index (χ1) is 31.1. The van der Waals surface area contributed by atoms with Crippen molar-refractivity contribution in [1.29, 1.82) is 0 Å². The fourth-order valence-electron chi connectivity index (χ4n) is 8.59. The third-order valence-electron chi connectivity index (χ3n) is 12.0. The third-order valence-corrected chi connectivity index (χ3v) is 12.0. The first kappa shape index (κ1) is 43.0. The molecule has 10 nitrogen and oxygen atoms in total. The molecule has 0 spiro atoms. The smallest absolute Gasteiger partial charge is 0.309 e. The van der Waals surface area contributed by atoms with Gasteiger partial charge in [0.25, 0.3) is 0 Å². The van der Waals surface area contributed by atoms with E-state index in [0.717, 1.165) is 21.5 Å². The van der Waals surface area contributed by atoms with Gasteiger partial charge in [-0.05, 0) is 103 Å². The van der Waals surface area contributed by atoms with Crippen LogP contribution in [0.5, 0.6) is 23.0 Å². The Bertz CT molecular complexity index is 2590. The summed E-state index contributed by atoms with van der Waals surface area (Å²) in [6.07, 6.45) is 0. The Morgan fingerprint density at radius 3 is 0.938 bits per heavy atom. The van der Waals surface area contributed by atoms with Crippen molar-refractivity contribution in [2.75, 3.05) is 28.4 Å². The maximum atomic E-state index is 15.0. The van der Waals surface area contributed by atoms with E-state index < -0.39 is 35.1 Å². The normalized spacial score (nSPS) is 12.5. The molecular weight excluding hydrogens is 805 g/mol. The molecule has 0 aliphatic heterocycles. The zero-order valence-corrected chi connectivity index (χ0v) is 35.8. The molecule has 8 rings (SSSR count). The van der Waals surface area contributed by atoms with Gasteiger partial charge in [0.1, 0.15) is 34.2 Å². The van der Waals surface area contributed by atoms with Gasteiger partial charge < -0.3 is 39.8 Å². The molecule has 0 aromatic heterocycles. The van der Waals surface area contributed by atoms with Crippen LogP contribution in [0.25, 0.3) is 21.5 Å². The summed E-state index contributed by atoms with van der Waals surface area (Å²) in [5.41, 5.74) is -1.21. The van der Waals surface area contributed by atoms with Gasteiger partial charge in [-0.25, -0.2) is 0 Å². The van der Waals surface area contributed by atoms with Crippen molar-refractivity contribution in [3.63, 3.8) is 0 Å².